The fourth-order valence-corrected chi connectivity index (χ4v) is 1.31. The summed E-state index contributed by atoms with van der Waals surface area (Å²) >= 11 is 11.5. The summed E-state index contributed by atoms with van der Waals surface area (Å²) in [6, 6.07) is 0. The van der Waals surface area contributed by atoms with Gasteiger partial charge >= 0.3 is 0 Å². The van der Waals surface area contributed by atoms with Gasteiger partial charge in [0.2, 0.25) is 0 Å². The number of hydrogen-bond acceptors (Lipinski definition) is 3. The molecule has 2 rings (SSSR count). The van der Waals surface area contributed by atoms with Gasteiger partial charge in [0.1, 0.15) is 10.7 Å². The van der Waals surface area contributed by atoms with Crippen molar-refractivity contribution in [3.63, 3.8) is 0 Å². The Labute approximate surface area is 84.7 Å². The van der Waals surface area contributed by atoms with E-state index in [4.69, 9.17) is 23.2 Å². The molecule has 0 aliphatic heterocycles. The molecule has 3 nitrogen and oxygen atoms in total. The average Bonchev–Trinajstić information content (AvgIpc) is 2.12. The molecule has 0 saturated carbocycles. The molecule has 0 radical (unpaired) electrons. The smallest absolute Gasteiger partial charge is 0.179 e. The van der Waals surface area contributed by atoms with Crippen LogP contribution in [0.3, 0.4) is 0 Å². The standard InChI is InChI=1S/C8H5Cl2N3/c1-4-5(9)2-12-8-7(4)11-3-6(10)13-8/h2-3H,1H3. The second-order valence-electron chi connectivity index (χ2n) is 2.60. The largest absolute Gasteiger partial charge is 0.249 e. The first kappa shape index (κ1) is 8.66. The quantitative estimate of drug-likeness (QED) is 0.676. The monoisotopic (exact) mass is 213 g/mol. The Morgan fingerprint density at radius 3 is 2.69 bits per heavy atom. The Morgan fingerprint density at radius 2 is 1.92 bits per heavy atom. The van der Waals surface area contributed by atoms with Crippen LogP contribution in [0, 0.1) is 6.92 Å². The molecule has 0 saturated heterocycles. The van der Waals surface area contributed by atoms with Crippen molar-refractivity contribution in [3.05, 3.63) is 28.1 Å². The molecule has 0 N–H and O–H groups in total. The molecule has 0 amide bonds. The molecule has 0 bridgehead atoms. The zero-order valence-electron chi connectivity index (χ0n) is 6.75. The van der Waals surface area contributed by atoms with Crippen molar-refractivity contribution in [2.75, 3.05) is 0 Å². The van der Waals surface area contributed by atoms with E-state index in [9.17, 15) is 0 Å². The van der Waals surface area contributed by atoms with Gasteiger partial charge in [-0.2, -0.15) is 0 Å². The number of fused-ring (bicyclic) bond motifs is 1. The zero-order valence-corrected chi connectivity index (χ0v) is 8.26. The number of aromatic nitrogens is 3. The zero-order chi connectivity index (χ0) is 9.42. The second kappa shape index (κ2) is 3.09. The van der Waals surface area contributed by atoms with Gasteiger partial charge in [-0.3, -0.25) is 0 Å². The van der Waals surface area contributed by atoms with Gasteiger partial charge in [-0.05, 0) is 12.5 Å². The molecule has 2 heterocycles. The molecule has 0 spiro atoms. The number of halogens is 2. The molecule has 0 aliphatic rings. The van der Waals surface area contributed by atoms with E-state index >= 15 is 0 Å². The lowest BCUT2D eigenvalue weighted by Crippen LogP contribution is -1.91. The Morgan fingerprint density at radius 1 is 1.15 bits per heavy atom. The van der Waals surface area contributed by atoms with E-state index in [2.05, 4.69) is 15.0 Å². The van der Waals surface area contributed by atoms with Gasteiger partial charge in [0, 0.05) is 6.20 Å². The summed E-state index contributed by atoms with van der Waals surface area (Å²) in [6.07, 6.45) is 3.03. The Balaban J connectivity index is 2.87. The highest BCUT2D eigenvalue weighted by molar-refractivity contribution is 6.32. The predicted molar refractivity (Wildman–Crippen MR) is 52.1 cm³/mol. The van der Waals surface area contributed by atoms with E-state index in [1.54, 1.807) is 6.20 Å². The van der Waals surface area contributed by atoms with Gasteiger partial charge < -0.3 is 0 Å². The normalized spacial score (nSPS) is 10.7. The van der Waals surface area contributed by atoms with Gasteiger partial charge in [-0.1, -0.05) is 23.2 Å². The van der Waals surface area contributed by atoms with Crippen molar-refractivity contribution in [1.82, 2.24) is 15.0 Å². The van der Waals surface area contributed by atoms with Crippen LogP contribution in [0.2, 0.25) is 10.2 Å². The Hall–Kier alpha value is -0.930. The molecule has 13 heavy (non-hydrogen) atoms. The van der Waals surface area contributed by atoms with E-state index in [0.717, 1.165) is 5.56 Å². The van der Waals surface area contributed by atoms with E-state index < -0.39 is 0 Å². The fourth-order valence-electron chi connectivity index (χ4n) is 1.04. The summed E-state index contributed by atoms with van der Waals surface area (Å²) < 4.78 is 0. The summed E-state index contributed by atoms with van der Waals surface area (Å²) in [5.74, 6) is 0. The lowest BCUT2D eigenvalue weighted by molar-refractivity contribution is 1.20. The van der Waals surface area contributed by atoms with Crippen molar-refractivity contribution < 1.29 is 0 Å². The highest BCUT2D eigenvalue weighted by Gasteiger charge is 2.05. The molecule has 2 aromatic rings. The SMILES string of the molecule is Cc1c(Cl)cnc2nc(Cl)cnc12. The third kappa shape index (κ3) is 1.45. The maximum absolute atomic E-state index is 5.86. The maximum atomic E-state index is 5.86. The van der Waals surface area contributed by atoms with Crippen LogP contribution < -0.4 is 0 Å². The number of rotatable bonds is 0. The molecule has 66 valence electrons. The van der Waals surface area contributed by atoms with Gasteiger partial charge in [0.15, 0.2) is 5.65 Å². The topological polar surface area (TPSA) is 38.7 Å². The third-order valence-corrected chi connectivity index (χ3v) is 2.30. The summed E-state index contributed by atoms with van der Waals surface area (Å²) in [5, 5.41) is 0.922. The van der Waals surface area contributed by atoms with Crippen LogP contribution in [0.15, 0.2) is 12.4 Å². The van der Waals surface area contributed by atoms with Crippen molar-refractivity contribution in [1.29, 1.82) is 0 Å². The first-order valence-corrected chi connectivity index (χ1v) is 4.37. The molecule has 0 unspecified atom stereocenters. The second-order valence-corrected chi connectivity index (χ2v) is 3.39. The minimum absolute atomic E-state index is 0.335. The molecular formula is C8H5Cl2N3. The van der Waals surface area contributed by atoms with Crippen LogP contribution in [0.1, 0.15) is 5.56 Å². The summed E-state index contributed by atoms with van der Waals surface area (Å²) in [7, 11) is 0. The third-order valence-electron chi connectivity index (χ3n) is 1.74. The van der Waals surface area contributed by atoms with E-state index in [0.29, 0.717) is 21.3 Å². The number of hydrogen-bond donors (Lipinski definition) is 0. The van der Waals surface area contributed by atoms with Crippen LogP contribution >= 0.6 is 23.2 Å². The Bertz CT molecular complexity index is 470. The molecular weight excluding hydrogens is 209 g/mol. The van der Waals surface area contributed by atoms with Crippen molar-refractivity contribution >= 4 is 34.4 Å². The van der Waals surface area contributed by atoms with E-state index in [1.165, 1.54) is 6.20 Å². The van der Waals surface area contributed by atoms with E-state index in [1.807, 2.05) is 6.92 Å². The van der Waals surface area contributed by atoms with Gasteiger partial charge in [0.25, 0.3) is 0 Å². The predicted octanol–water partition coefficient (Wildman–Crippen LogP) is 2.64. The van der Waals surface area contributed by atoms with Crippen LogP contribution in [-0.2, 0) is 0 Å². The molecule has 0 fully saturated rings. The molecule has 0 aliphatic carbocycles. The molecule has 5 heteroatoms. The minimum atomic E-state index is 0.335. The maximum Gasteiger partial charge on any atom is 0.179 e. The molecule has 2 aromatic heterocycles. The lowest BCUT2D eigenvalue weighted by atomic mass is 10.2. The Kier molecular flexibility index (Phi) is 2.06. The van der Waals surface area contributed by atoms with Gasteiger partial charge in [0.05, 0.1) is 11.2 Å². The summed E-state index contributed by atoms with van der Waals surface area (Å²) in [5.41, 5.74) is 2.09. The van der Waals surface area contributed by atoms with Gasteiger partial charge in [-0.15, -0.1) is 0 Å². The van der Waals surface area contributed by atoms with Crippen LogP contribution in [0.25, 0.3) is 11.2 Å². The molecule has 0 atom stereocenters. The average molecular weight is 214 g/mol. The fraction of sp³-hybridized carbons (Fsp3) is 0.125. The number of nitrogens with zero attached hydrogens (tertiary/aromatic N) is 3. The van der Waals surface area contributed by atoms with Crippen LogP contribution in [0.4, 0.5) is 0 Å². The highest BCUT2D eigenvalue weighted by atomic mass is 35.5. The first-order chi connectivity index (χ1) is 6.18. The van der Waals surface area contributed by atoms with Crippen molar-refractivity contribution in [2.45, 2.75) is 6.92 Å². The van der Waals surface area contributed by atoms with Crippen molar-refractivity contribution in [2.24, 2.45) is 0 Å². The summed E-state index contributed by atoms with van der Waals surface area (Å²) in [6.45, 7) is 1.87. The number of aryl methyl sites for hydroxylation is 1. The lowest BCUT2D eigenvalue weighted by Gasteiger charge is -2.00. The highest BCUT2D eigenvalue weighted by Crippen LogP contribution is 2.20. The van der Waals surface area contributed by atoms with Gasteiger partial charge in [-0.25, -0.2) is 15.0 Å². The van der Waals surface area contributed by atoms with Crippen molar-refractivity contribution in [3.8, 4) is 0 Å². The minimum Gasteiger partial charge on any atom is -0.249 e. The van der Waals surface area contributed by atoms with E-state index in [-0.39, 0.29) is 0 Å². The van der Waals surface area contributed by atoms with Crippen LogP contribution in [0.5, 0.6) is 0 Å². The first-order valence-electron chi connectivity index (χ1n) is 3.62. The molecule has 0 aromatic carbocycles. The van der Waals surface area contributed by atoms with Crippen LogP contribution in [-0.4, -0.2) is 15.0 Å². The number of pyridine rings is 1. The summed E-state index contributed by atoms with van der Waals surface area (Å²) in [4.78, 5) is 12.1.